The van der Waals surface area contributed by atoms with Gasteiger partial charge in [0.2, 0.25) is 10.0 Å². The molecule has 2 aromatic carbocycles. The van der Waals surface area contributed by atoms with Crippen molar-refractivity contribution in [2.24, 2.45) is 0 Å². The molecule has 9 nitrogen and oxygen atoms in total. The lowest BCUT2D eigenvalue weighted by molar-refractivity contribution is -0.170. The van der Waals surface area contributed by atoms with Crippen molar-refractivity contribution >= 4 is 27.4 Å². The summed E-state index contributed by atoms with van der Waals surface area (Å²) in [5.41, 5.74) is 2.08. The molecule has 0 radical (unpaired) electrons. The molecule has 1 unspecified atom stereocenters. The van der Waals surface area contributed by atoms with E-state index in [-0.39, 0.29) is 30.1 Å². The van der Waals surface area contributed by atoms with Gasteiger partial charge in [0.1, 0.15) is 5.75 Å². The molecule has 1 atom stereocenters. The number of hydrogen-bond donors (Lipinski definition) is 0. The first-order chi connectivity index (χ1) is 19.0. The molecule has 212 valence electrons. The molecule has 2 aliphatic rings. The maximum atomic E-state index is 13.4. The van der Waals surface area contributed by atoms with Gasteiger partial charge in [-0.15, -0.1) is 10.2 Å². The molecule has 0 bridgehead atoms. The largest absolute Gasteiger partial charge is 0.494 e. The van der Waals surface area contributed by atoms with Crippen molar-refractivity contribution in [2.75, 3.05) is 42.6 Å². The van der Waals surface area contributed by atoms with Gasteiger partial charge in [-0.1, -0.05) is 0 Å². The lowest BCUT2D eigenvalue weighted by Crippen LogP contribution is -2.49. The van der Waals surface area contributed by atoms with Gasteiger partial charge in [0.25, 0.3) is 0 Å². The second kappa shape index (κ2) is 10.7. The fraction of sp³-hybridized carbons (Fsp3) is 0.370. The first-order valence-electron chi connectivity index (χ1n) is 12.8. The van der Waals surface area contributed by atoms with Gasteiger partial charge in [-0.3, -0.25) is 4.79 Å². The Morgan fingerprint density at radius 1 is 1.00 bits per heavy atom. The zero-order chi connectivity index (χ0) is 28.7. The third-order valence-electron chi connectivity index (χ3n) is 7.04. The number of fused-ring (bicyclic) bond motifs is 1. The maximum Gasteiger partial charge on any atom is 0.471 e. The van der Waals surface area contributed by atoms with Crippen LogP contribution in [-0.4, -0.2) is 73.8 Å². The Hall–Kier alpha value is -3.71. The second-order valence-corrected chi connectivity index (χ2v) is 11.6. The fourth-order valence-electron chi connectivity index (χ4n) is 5.06. The van der Waals surface area contributed by atoms with Gasteiger partial charge < -0.3 is 14.5 Å². The first kappa shape index (κ1) is 27.8. The van der Waals surface area contributed by atoms with Gasteiger partial charge in [0.15, 0.2) is 5.82 Å². The molecule has 1 amide bonds. The summed E-state index contributed by atoms with van der Waals surface area (Å²) in [4.78, 5) is 14.5. The van der Waals surface area contributed by atoms with Gasteiger partial charge >= 0.3 is 12.1 Å². The molecule has 0 aliphatic carbocycles. The predicted molar refractivity (Wildman–Crippen MR) is 143 cm³/mol. The minimum Gasteiger partial charge on any atom is -0.494 e. The van der Waals surface area contributed by atoms with E-state index >= 15 is 0 Å². The molecule has 40 heavy (non-hydrogen) atoms. The molecule has 3 heterocycles. The Balaban J connectivity index is 1.25. The summed E-state index contributed by atoms with van der Waals surface area (Å²) in [5.74, 6) is -0.551. The number of alkyl halides is 3. The van der Waals surface area contributed by atoms with Crippen molar-refractivity contribution in [2.45, 2.75) is 37.4 Å². The fourth-order valence-corrected chi connectivity index (χ4v) is 6.53. The molecule has 2 aliphatic heterocycles. The van der Waals surface area contributed by atoms with Gasteiger partial charge in [-0.25, -0.2) is 8.42 Å². The number of piperazine rings is 1. The van der Waals surface area contributed by atoms with Crippen LogP contribution >= 0.6 is 0 Å². The van der Waals surface area contributed by atoms with E-state index in [4.69, 9.17) is 4.74 Å². The van der Waals surface area contributed by atoms with Crippen LogP contribution in [-0.2, 0) is 21.2 Å². The number of benzene rings is 2. The summed E-state index contributed by atoms with van der Waals surface area (Å²) in [7, 11) is -3.89. The van der Waals surface area contributed by atoms with E-state index in [1.54, 1.807) is 0 Å². The van der Waals surface area contributed by atoms with Gasteiger partial charge in [-0.2, -0.15) is 17.5 Å². The van der Waals surface area contributed by atoms with Crippen LogP contribution in [0.2, 0.25) is 0 Å². The summed E-state index contributed by atoms with van der Waals surface area (Å²) < 4.78 is 72.7. The molecule has 0 spiro atoms. The average molecular weight is 576 g/mol. The number of carbonyl (C=O) groups is 1. The molecule has 13 heteroatoms. The van der Waals surface area contributed by atoms with Gasteiger partial charge in [-0.05, 0) is 80.4 Å². The highest BCUT2D eigenvalue weighted by Crippen LogP contribution is 2.37. The van der Waals surface area contributed by atoms with E-state index in [0.717, 1.165) is 11.3 Å². The first-order valence-corrected chi connectivity index (χ1v) is 14.3. The van der Waals surface area contributed by atoms with Crippen LogP contribution in [0.25, 0.3) is 11.3 Å². The van der Waals surface area contributed by atoms with Gasteiger partial charge in [0.05, 0.1) is 17.2 Å². The van der Waals surface area contributed by atoms with Crippen LogP contribution in [0.3, 0.4) is 0 Å². The summed E-state index contributed by atoms with van der Waals surface area (Å²) in [5, 5.41) is 8.66. The Kier molecular flexibility index (Phi) is 7.44. The van der Waals surface area contributed by atoms with Crippen molar-refractivity contribution in [3.05, 3.63) is 60.2 Å². The van der Waals surface area contributed by atoms with Crippen LogP contribution in [0.15, 0.2) is 59.5 Å². The molecular formula is C27H28F3N5O4S. The molecule has 3 aromatic rings. The molecular weight excluding hydrogens is 547 g/mol. The van der Waals surface area contributed by atoms with Crippen LogP contribution in [0, 0.1) is 0 Å². The molecule has 1 aromatic heterocycles. The third-order valence-corrected chi connectivity index (χ3v) is 8.93. The minimum absolute atomic E-state index is 0.00675. The summed E-state index contributed by atoms with van der Waals surface area (Å²) in [6, 6.07) is 14.5. The normalized spacial score (nSPS) is 18.1. The number of halogens is 3. The van der Waals surface area contributed by atoms with Crippen LogP contribution < -0.4 is 14.5 Å². The van der Waals surface area contributed by atoms with Crippen LogP contribution in [0.4, 0.5) is 24.7 Å². The van der Waals surface area contributed by atoms with Crippen LogP contribution in [0.5, 0.6) is 5.75 Å². The van der Waals surface area contributed by atoms with E-state index in [0.29, 0.717) is 41.7 Å². The molecule has 0 N–H and O–H groups in total. The number of nitrogens with zero attached hydrogens (tertiary/aromatic N) is 5. The van der Waals surface area contributed by atoms with Crippen molar-refractivity contribution in [3.63, 3.8) is 0 Å². The van der Waals surface area contributed by atoms with E-state index in [1.807, 2.05) is 48.2 Å². The van der Waals surface area contributed by atoms with E-state index in [1.165, 1.54) is 29.4 Å². The Labute approximate surface area is 230 Å². The topological polar surface area (TPSA) is 95.9 Å². The number of ether oxygens (including phenoxy) is 1. The quantitative estimate of drug-likeness (QED) is 0.440. The number of sulfonamides is 1. The number of aromatic nitrogens is 2. The second-order valence-electron chi connectivity index (χ2n) is 9.64. The molecule has 5 rings (SSSR count). The monoisotopic (exact) mass is 575 g/mol. The lowest BCUT2D eigenvalue weighted by atomic mass is 10.1. The minimum atomic E-state index is -5.01. The van der Waals surface area contributed by atoms with Gasteiger partial charge in [0, 0.05) is 43.5 Å². The number of hydrogen-bond acceptors (Lipinski definition) is 7. The average Bonchev–Trinajstić information content (AvgIpc) is 3.27. The lowest BCUT2D eigenvalue weighted by Gasteiger charge is -2.34. The van der Waals surface area contributed by atoms with Crippen molar-refractivity contribution in [1.82, 2.24) is 14.5 Å². The standard InChI is InChI=1S/C27H28F3N5O4S/c1-3-39-21-6-4-19(5-7-21)23-9-11-25(32-31-23)33-12-14-34(15-13-33)40(37,38)22-8-10-24-20(17-22)16-18(2)35(24)26(36)27(28,29)30/h4-11,17-18H,3,12-16H2,1-2H3. The van der Waals surface area contributed by atoms with Crippen molar-refractivity contribution in [3.8, 4) is 17.0 Å². The summed E-state index contributed by atoms with van der Waals surface area (Å²) in [6.07, 6.45) is -4.88. The molecule has 1 saturated heterocycles. The molecule has 1 fully saturated rings. The number of anilines is 2. The van der Waals surface area contributed by atoms with Crippen molar-refractivity contribution in [1.29, 1.82) is 0 Å². The zero-order valence-electron chi connectivity index (χ0n) is 21.9. The van der Waals surface area contributed by atoms with E-state index < -0.39 is 28.1 Å². The van der Waals surface area contributed by atoms with E-state index in [2.05, 4.69) is 10.2 Å². The highest BCUT2D eigenvalue weighted by molar-refractivity contribution is 7.89. The van der Waals surface area contributed by atoms with Crippen LogP contribution in [0.1, 0.15) is 19.4 Å². The summed E-state index contributed by atoms with van der Waals surface area (Å²) in [6.45, 7) is 5.21. The SMILES string of the molecule is CCOc1ccc(-c2ccc(N3CCN(S(=O)(=O)c4ccc5c(c4)CC(C)N5C(=O)C(F)(F)F)CC3)nn2)cc1. The summed E-state index contributed by atoms with van der Waals surface area (Å²) >= 11 is 0. The highest BCUT2D eigenvalue weighted by atomic mass is 32.2. The smallest absolute Gasteiger partial charge is 0.471 e. The van der Waals surface area contributed by atoms with Crippen molar-refractivity contribution < 1.29 is 31.1 Å². The Morgan fingerprint density at radius 2 is 1.70 bits per heavy atom. The van der Waals surface area contributed by atoms with E-state index in [9.17, 15) is 26.4 Å². The number of amides is 1. The highest BCUT2D eigenvalue weighted by Gasteiger charge is 2.47. The number of rotatable bonds is 6. The predicted octanol–water partition coefficient (Wildman–Crippen LogP) is 3.89. The Bertz CT molecular complexity index is 1490. The number of carbonyl (C=O) groups excluding carboxylic acids is 1. The molecule has 0 saturated carbocycles. The zero-order valence-corrected chi connectivity index (χ0v) is 22.7. The Morgan fingerprint density at radius 3 is 2.30 bits per heavy atom. The third kappa shape index (κ3) is 5.35. The maximum absolute atomic E-state index is 13.4.